The Balaban J connectivity index is 2.18. The van der Waals surface area contributed by atoms with E-state index in [1.54, 1.807) is 0 Å². The Morgan fingerprint density at radius 3 is 2.67 bits per heavy atom. The average molecular weight is 312 g/mol. The first kappa shape index (κ1) is 14.9. The monoisotopic (exact) mass is 311 g/mol. The molecule has 1 heterocycles. The van der Waals surface area contributed by atoms with Gasteiger partial charge in [-0.25, -0.2) is 0 Å². The van der Waals surface area contributed by atoms with Crippen LogP contribution in [0.25, 0.3) is 0 Å². The lowest BCUT2D eigenvalue weighted by Crippen LogP contribution is -2.34. The molecule has 1 aliphatic heterocycles. The second-order valence-electron chi connectivity index (χ2n) is 4.12. The number of imide groups is 1. The lowest BCUT2D eigenvalue weighted by molar-refractivity contribution is -0.384. The van der Waals surface area contributed by atoms with Crippen LogP contribution in [0.4, 0.5) is 11.4 Å². The first-order chi connectivity index (χ1) is 9.93. The molecule has 1 aromatic carbocycles. The molecule has 1 aliphatic rings. The number of anilines is 1. The Kier molecular flexibility index (Phi) is 4.20. The summed E-state index contributed by atoms with van der Waals surface area (Å²) in [6, 6.07) is 3.85. The second-order valence-corrected chi connectivity index (χ2v) is 4.53. The van der Waals surface area contributed by atoms with Crippen LogP contribution in [0.5, 0.6) is 0 Å². The third-order valence-corrected chi connectivity index (χ3v) is 3.06. The Morgan fingerprint density at radius 1 is 1.38 bits per heavy atom. The number of hydrogen-bond donors (Lipinski definition) is 2. The Labute approximate surface area is 123 Å². The molecule has 0 fully saturated rings. The van der Waals surface area contributed by atoms with Crippen molar-refractivity contribution in [3.8, 4) is 0 Å². The largest absolute Gasteiger partial charge is 0.395 e. The van der Waals surface area contributed by atoms with E-state index in [0.717, 1.165) is 11.0 Å². The number of nitro groups is 1. The molecule has 9 heteroatoms. The zero-order valence-corrected chi connectivity index (χ0v) is 11.3. The molecule has 0 bridgehead atoms. The molecule has 0 saturated carbocycles. The summed E-state index contributed by atoms with van der Waals surface area (Å²) in [5.41, 5.74) is 0.0918. The Hall–Kier alpha value is -2.45. The van der Waals surface area contributed by atoms with Gasteiger partial charge in [0.2, 0.25) is 0 Å². The number of nitrogens with one attached hydrogen (secondary N) is 1. The van der Waals surface area contributed by atoms with E-state index < -0.39 is 16.7 Å². The summed E-state index contributed by atoms with van der Waals surface area (Å²) in [4.78, 5) is 34.3. The van der Waals surface area contributed by atoms with E-state index in [1.165, 1.54) is 18.2 Å². The summed E-state index contributed by atoms with van der Waals surface area (Å²) in [7, 11) is 0. The number of aliphatic hydroxyl groups is 1. The molecular weight excluding hydrogens is 302 g/mol. The van der Waals surface area contributed by atoms with E-state index in [9.17, 15) is 19.7 Å². The van der Waals surface area contributed by atoms with Crippen LogP contribution >= 0.6 is 11.6 Å². The number of aliphatic hydroxyl groups excluding tert-OH is 1. The third kappa shape index (κ3) is 3.01. The van der Waals surface area contributed by atoms with Gasteiger partial charge in [0, 0.05) is 17.8 Å². The van der Waals surface area contributed by atoms with Gasteiger partial charge in [0.05, 0.1) is 18.1 Å². The highest BCUT2D eigenvalue weighted by Gasteiger charge is 2.30. The van der Waals surface area contributed by atoms with Crippen LogP contribution in [0, 0.1) is 10.1 Å². The van der Waals surface area contributed by atoms with Gasteiger partial charge in [-0.15, -0.1) is 0 Å². The standard InChI is InChI=1S/C12H10ClN3O5/c13-8-5-7(1-2-10(8)16(20)21)14-9-6-11(18)15(3-4-17)12(9)19/h1-2,5-6,14,17H,3-4H2. The number of nitro benzene ring substituents is 1. The molecule has 2 N–H and O–H groups in total. The van der Waals surface area contributed by atoms with E-state index in [0.29, 0.717) is 5.69 Å². The van der Waals surface area contributed by atoms with Crippen molar-refractivity contribution in [3.05, 3.63) is 45.1 Å². The number of benzene rings is 1. The summed E-state index contributed by atoms with van der Waals surface area (Å²) in [5.74, 6) is -1.12. The zero-order chi connectivity index (χ0) is 15.6. The third-order valence-electron chi connectivity index (χ3n) is 2.76. The molecule has 21 heavy (non-hydrogen) atoms. The number of carbonyl (C=O) groups is 2. The number of amides is 2. The maximum atomic E-state index is 11.9. The van der Waals surface area contributed by atoms with E-state index in [1.807, 2.05) is 0 Å². The zero-order valence-electron chi connectivity index (χ0n) is 10.6. The summed E-state index contributed by atoms with van der Waals surface area (Å²) >= 11 is 5.76. The van der Waals surface area contributed by atoms with Gasteiger partial charge in [0.15, 0.2) is 0 Å². The van der Waals surface area contributed by atoms with E-state index in [2.05, 4.69) is 5.32 Å². The molecule has 1 aromatic rings. The number of β-amino-alcohol motifs (C(OH)–C–C–N with tert-alkyl or cyclic N) is 1. The number of nitrogens with zero attached hydrogens (tertiary/aromatic N) is 2. The quantitative estimate of drug-likeness (QED) is 0.474. The van der Waals surface area contributed by atoms with Gasteiger partial charge in [-0.3, -0.25) is 24.6 Å². The van der Waals surface area contributed by atoms with Crippen LogP contribution in [0.1, 0.15) is 0 Å². The van der Waals surface area contributed by atoms with Crippen LogP contribution in [0.3, 0.4) is 0 Å². The van der Waals surface area contributed by atoms with Crippen molar-refractivity contribution in [3.63, 3.8) is 0 Å². The fraction of sp³-hybridized carbons (Fsp3) is 0.167. The second kappa shape index (κ2) is 5.90. The molecule has 0 atom stereocenters. The first-order valence-corrected chi connectivity index (χ1v) is 6.21. The predicted molar refractivity (Wildman–Crippen MR) is 73.6 cm³/mol. The van der Waals surface area contributed by atoms with Crippen molar-refractivity contribution in [2.45, 2.75) is 0 Å². The molecule has 2 amide bonds. The highest BCUT2D eigenvalue weighted by atomic mass is 35.5. The summed E-state index contributed by atoms with van der Waals surface area (Å²) < 4.78 is 0. The lowest BCUT2D eigenvalue weighted by atomic mass is 10.2. The molecule has 8 nitrogen and oxygen atoms in total. The first-order valence-electron chi connectivity index (χ1n) is 5.83. The van der Waals surface area contributed by atoms with Crippen LogP contribution in [0.2, 0.25) is 5.02 Å². The van der Waals surface area contributed by atoms with Crippen LogP contribution in [0.15, 0.2) is 30.0 Å². The van der Waals surface area contributed by atoms with Gasteiger partial charge in [-0.1, -0.05) is 11.6 Å². The minimum absolute atomic E-state index is 0.0124. The van der Waals surface area contributed by atoms with Crippen molar-refractivity contribution >= 4 is 34.8 Å². The van der Waals surface area contributed by atoms with Crippen LogP contribution in [-0.4, -0.2) is 39.9 Å². The summed E-state index contributed by atoms with van der Waals surface area (Å²) in [6.07, 6.45) is 1.09. The van der Waals surface area contributed by atoms with Gasteiger partial charge >= 0.3 is 0 Å². The molecule has 2 rings (SSSR count). The minimum atomic E-state index is -0.626. The highest BCUT2D eigenvalue weighted by Crippen LogP contribution is 2.28. The highest BCUT2D eigenvalue weighted by molar-refractivity contribution is 6.33. The molecule has 0 aromatic heterocycles. The fourth-order valence-electron chi connectivity index (χ4n) is 1.80. The topological polar surface area (TPSA) is 113 Å². The number of hydrogen-bond acceptors (Lipinski definition) is 6. The molecule has 0 unspecified atom stereocenters. The maximum Gasteiger partial charge on any atom is 0.288 e. The number of halogens is 1. The van der Waals surface area contributed by atoms with Gasteiger partial charge in [-0.2, -0.15) is 0 Å². The van der Waals surface area contributed by atoms with Gasteiger partial charge in [-0.05, 0) is 12.1 Å². The number of carbonyl (C=O) groups excluding carboxylic acids is 2. The molecule has 0 spiro atoms. The Morgan fingerprint density at radius 2 is 2.10 bits per heavy atom. The lowest BCUT2D eigenvalue weighted by Gasteiger charge is -2.13. The molecule has 0 aliphatic carbocycles. The maximum absolute atomic E-state index is 11.9. The molecule has 110 valence electrons. The summed E-state index contributed by atoms with van der Waals surface area (Å²) in [6.45, 7) is -0.428. The van der Waals surface area contributed by atoms with Crippen molar-refractivity contribution in [1.29, 1.82) is 0 Å². The summed E-state index contributed by atoms with van der Waals surface area (Å²) in [5, 5.41) is 22.0. The normalized spacial score (nSPS) is 14.4. The Bertz CT molecular complexity index is 658. The predicted octanol–water partition coefficient (Wildman–Crippen LogP) is 0.905. The smallest absolute Gasteiger partial charge is 0.288 e. The van der Waals surface area contributed by atoms with E-state index in [-0.39, 0.29) is 29.6 Å². The van der Waals surface area contributed by atoms with Crippen molar-refractivity contribution in [2.75, 3.05) is 18.5 Å². The van der Waals surface area contributed by atoms with Gasteiger partial charge in [0.1, 0.15) is 10.7 Å². The number of rotatable bonds is 5. The van der Waals surface area contributed by atoms with E-state index in [4.69, 9.17) is 16.7 Å². The molecule has 0 saturated heterocycles. The van der Waals surface area contributed by atoms with Crippen molar-refractivity contribution < 1.29 is 19.6 Å². The van der Waals surface area contributed by atoms with Crippen LogP contribution < -0.4 is 5.32 Å². The molecule has 0 radical (unpaired) electrons. The SMILES string of the molecule is O=C1C=C(Nc2ccc([N+](=O)[O-])c(Cl)c2)C(=O)N1CCO. The van der Waals surface area contributed by atoms with Gasteiger partial charge < -0.3 is 10.4 Å². The fourth-order valence-corrected chi connectivity index (χ4v) is 2.05. The van der Waals surface area contributed by atoms with Crippen molar-refractivity contribution in [1.82, 2.24) is 4.90 Å². The van der Waals surface area contributed by atoms with Crippen LogP contribution in [-0.2, 0) is 9.59 Å². The van der Waals surface area contributed by atoms with Gasteiger partial charge in [0.25, 0.3) is 17.5 Å². The van der Waals surface area contributed by atoms with E-state index >= 15 is 0 Å². The average Bonchev–Trinajstić information content (AvgIpc) is 2.66. The minimum Gasteiger partial charge on any atom is -0.395 e. The van der Waals surface area contributed by atoms with Crippen molar-refractivity contribution in [2.24, 2.45) is 0 Å². The molecular formula is C12H10ClN3O5.